The van der Waals surface area contributed by atoms with E-state index >= 15 is 0 Å². The molecule has 0 spiro atoms. The number of anilines is 1. The van der Waals surface area contributed by atoms with Crippen LogP contribution in [0, 0.1) is 11.3 Å². The number of allylic oxidation sites excluding steroid dienone is 1. The van der Waals surface area contributed by atoms with Crippen LogP contribution in [0.5, 0.6) is 11.5 Å². The first-order valence-electron chi connectivity index (χ1n) is 7.87. The molecule has 0 saturated heterocycles. The van der Waals surface area contributed by atoms with E-state index in [1.54, 1.807) is 0 Å². The van der Waals surface area contributed by atoms with Crippen molar-refractivity contribution < 1.29 is 9.47 Å². The summed E-state index contributed by atoms with van der Waals surface area (Å²) in [6.07, 6.45) is 1.51. The smallest absolute Gasteiger partial charge is 0.216 e. The van der Waals surface area contributed by atoms with Crippen molar-refractivity contribution in [2.75, 3.05) is 18.5 Å². The molecule has 0 aliphatic heterocycles. The van der Waals surface area contributed by atoms with Crippen LogP contribution in [0.3, 0.4) is 0 Å². The quantitative estimate of drug-likeness (QED) is 0.476. The van der Waals surface area contributed by atoms with E-state index in [1.807, 2.05) is 60.7 Å². The Bertz CT molecular complexity index is 888. The molecule has 0 fully saturated rings. The largest absolute Gasteiger partial charge is 0.490 e. The highest BCUT2D eigenvalue weighted by molar-refractivity contribution is 5.74. The molecule has 0 bridgehead atoms. The Kier molecular flexibility index (Phi) is 5.77. The minimum atomic E-state index is 0.217. The molecular formula is C18H16N6O2. The molecule has 130 valence electrons. The van der Waals surface area contributed by atoms with Gasteiger partial charge in [0.05, 0.1) is 5.69 Å². The van der Waals surface area contributed by atoms with Crippen molar-refractivity contribution >= 4 is 11.3 Å². The number of rotatable bonds is 8. The number of nitrogens with one attached hydrogen (secondary N) is 2. The van der Waals surface area contributed by atoms with Gasteiger partial charge < -0.3 is 14.8 Å². The van der Waals surface area contributed by atoms with Gasteiger partial charge in [0.25, 0.3) is 0 Å². The molecule has 8 nitrogen and oxygen atoms in total. The summed E-state index contributed by atoms with van der Waals surface area (Å²) in [5.41, 5.74) is 0.962. The molecule has 3 rings (SSSR count). The lowest BCUT2D eigenvalue weighted by atomic mass is 10.2. The third-order valence-corrected chi connectivity index (χ3v) is 3.32. The minimum Gasteiger partial charge on any atom is -0.490 e. The molecule has 0 amide bonds. The number of aromatic amines is 1. The fourth-order valence-corrected chi connectivity index (χ4v) is 2.11. The van der Waals surface area contributed by atoms with Crippen LogP contribution in [-0.4, -0.2) is 33.8 Å². The van der Waals surface area contributed by atoms with E-state index in [9.17, 15) is 5.26 Å². The van der Waals surface area contributed by atoms with E-state index in [1.165, 1.54) is 6.20 Å². The molecule has 26 heavy (non-hydrogen) atoms. The average molecular weight is 348 g/mol. The number of para-hydroxylation sites is 3. The summed E-state index contributed by atoms with van der Waals surface area (Å²) in [4.78, 5) is 0. The monoisotopic (exact) mass is 348 g/mol. The molecule has 1 aromatic heterocycles. The highest BCUT2D eigenvalue weighted by Crippen LogP contribution is 2.24. The minimum absolute atomic E-state index is 0.217. The molecule has 8 heteroatoms. The van der Waals surface area contributed by atoms with Crippen LogP contribution in [0.15, 0.2) is 60.8 Å². The molecular weight excluding hydrogens is 332 g/mol. The molecule has 2 aromatic carbocycles. The Morgan fingerprint density at radius 3 is 2.62 bits per heavy atom. The van der Waals surface area contributed by atoms with Crippen LogP contribution in [0.4, 0.5) is 5.69 Å². The first-order chi connectivity index (χ1) is 12.9. The number of nitrogens with zero attached hydrogens (tertiary/aromatic N) is 4. The summed E-state index contributed by atoms with van der Waals surface area (Å²) in [5.74, 6) is 1.66. The first-order valence-corrected chi connectivity index (χ1v) is 7.87. The maximum Gasteiger partial charge on any atom is 0.216 e. The van der Waals surface area contributed by atoms with Crippen molar-refractivity contribution in [1.82, 2.24) is 20.6 Å². The fourth-order valence-electron chi connectivity index (χ4n) is 2.11. The second-order valence-corrected chi connectivity index (χ2v) is 5.06. The van der Waals surface area contributed by atoms with Gasteiger partial charge in [-0.05, 0) is 29.5 Å². The molecule has 0 aliphatic rings. The molecule has 2 N–H and O–H groups in total. The van der Waals surface area contributed by atoms with Gasteiger partial charge in [-0.1, -0.05) is 30.3 Å². The van der Waals surface area contributed by atoms with E-state index in [-0.39, 0.29) is 11.4 Å². The number of aromatic nitrogens is 4. The highest BCUT2D eigenvalue weighted by atomic mass is 16.5. The van der Waals surface area contributed by atoms with Gasteiger partial charge in [0.1, 0.15) is 36.4 Å². The molecule has 0 atom stereocenters. The molecule has 0 saturated carbocycles. The second kappa shape index (κ2) is 8.84. The normalized spacial score (nSPS) is 10.8. The number of hydrogen-bond acceptors (Lipinski definition) is 7. The molecule has 1 heterocycles. The maximum atomic E-state index is 9.20. The predicted octanol–water partition coefficient (Wildman–Crippen LogP) is 2.63. The average Bonchev–Trinajstić information content (AvgIpc) is 3.22. The van der Waals surface area contributed by atoms with Gasteiger partial charge in [0, 0.05) is 6.20 Å². The van der Waals surface area contributed by atoms with Crippen molar-refractivity contribution in [3.63, 3.8) is 0 Å². The van der Waals surface area contributed by atoms with Crippen LogP contribution in [0.2, 0.25) is 0 Å². The highest BCUT2D eigenvalue weighted by Gasteiger charge is 2.07. The summed E-state index contributed by atoms with van der Waals surface area (Å²) in [6.45, 7) is 0.799. The number of hydrogen-bond donors (Lipinski definition) is 2. The van der Waals surface area contributed by atoms with Crippen LogP contribution in [-0.2, 0) is 0 Å². The topological polar surface area (TPSA) is 109 Å². The number of ether oxygens (including phenoxy) is 2. The number of nitriles is 1. The zero-order valence-corrected chi connectivity index (χ0v) is 13.8. The van der Waals surface area contributed by atoms with Gasteiger partial charge in [-0.2, -0.15) is 10.5 Å². The van der Waals surface area contributed by atoms with Gasteiger partial charge in [0.15, 0.2) is 0 Å². The Hall–Kier alpha value is -3.86. The van der Waals surface area contributed by atoms with Crippen LogP contribution in [0.25, 0.3) is 5.57 Å². The molecule has 0 aliphatic carbocycles. The number of tetrazole rings is 1. The Morgan fingerprint density at radius 2 is 1.85 bits per heavy atom. The molecule has 3 aromatic rings. The van der Waals surface area contributed by atoms with Crippen molar-refractivity contribution in [2.45, 2.75) is 0 Å². The summed E-state index contributed by atoms with van der Waals surface area (Å²) >= 11 is 0. The zero-order chi connectivity index (χ0) is 18.0. The van der Waals surface area contributed by atoms with Crippen LogP contribution >= 0.6 is 0 Å². The van der Waals surface area contributed by atoms with Crippen LogP contribution < -0.4 is 14.8 Å². The molecule has 0 unspecified atom stereocenters. The zero-order valence-electron chi connectivity index (χ0n) is 13.8. The number of H-pyrrole nitrogens is 1. The van der Waals surface area contributed by atoms with Gasteiger partial charge in [-0.15, -0.1) is 10.2 Å². The Morgan fingerprint density at radius 1 is 1.08 bits per heavy atom. The van der Waals surface area contributed by atoms with E-state index in [0.717, 1.165) is 5.75 Å². The summed E-state index contributed by atoms with van der Waals surface area (Å²) in [7, 11) is 0. The fraction of sp³-hybridized carbons (Fsp3) is 0.111. The van der Waals surface area contributed by atoms with Gasteiger partial charge in [0.2, 0.25) is 5.82 Å². The Labute approximate surface area is 150 Å². The van der Waals surface area contributed by atoms with E-state index in [0.29, 0.717) is 24.7 Å². The second-order valence-electron chi connectivity index (χ2n) is 5.06. The van der Waals surface area contributed by atoms with Crippen molar-refractivity contribution in [3.05, 3.63) is 66.6 Å². The number of benzene rings is 2. The SMILES string of the molecule is N#CC(=CNc1ccccc1OCCOc1ccccc1)c1nn[nH]n1. The third-order valence-electron chi connectivity index (χ3n) is 3.32. The lowest BCUT2D eigenvalue weighted by molar-refractivity contribution is 0.218. The predicted molar refractivity (Wildman–Crippen MR) is 95.3 cm³/mol. The summed E-state index contributed by atoms with van der Waals surface area (Å²) in [5, 5.41) is 25.6. The van der Waals surface area contributed by atoms with E-state index < -0.39 is 0 Å². The van der Waals surface area contributed by atoms with Crippen molar-refractivity contribution in [1.29, 1.82) is 5.26 Å². The van der Waals surface area contributed by atoms with E-state index in [2.05, 4.69) is 25.9 Å². The van der Waals surface area contributed by atoms with Gasteiger partial charge >= 0.3 is 0 Å². The maximum absolute atomic E-state index is 9.20. The summed E-state index contributed by atoms with van der Waals surface area (Å²) in [6, 6.07) is 19.0. The third kappa shape index (κ3) is 4.58. The van der Waals surface area contributed by atoms with Crippen molar-refractivity contribution in [2.24, 2.45) is 0 Å². The van der Waals surface area contributed by atoms with Crippen LogP contribution in [0.1, 0.15) is 5.82 Å². The van der Waals surface area contributed by atoms with Gasteiger partial charge in [-0.25, -0.2) is 0 Å². The van der Waals surface area contributed by atoms with E-state index in [4.69, 9.17) is 9.47 Å². The standard InChI is InChI=1S/C18H16N6O2/c19-12-14(18-21-23-24-22-18)13-20-16-8-4-5-9-17(16)26-11-10-25-15-6-2-1-3-7-15/h1-9,13,20H,10-11H2,(H,21,22,23,24). The first kappa shape index (κ1) is 17.0. The Balaban J connectivity index is 1.58. The lowest BCUT2D eigenvalue weighted by Crippen LogP contribution is -2.09. The lowest BCUT2D eigenvalue weighted by Gasteiger charge is -2.12. The van der Waals surface area contributed by atoms with Gasteiger partial charge in [-0.3, -0.25) is 0 Å². The molecule has 0 radical (unpaired) electrons. The summed E-state index contributed by atoms with van der Waals surface area (Å²) < 4.78 is 11.4. The van der Waals surface area contributed by atoms with Crippen molar-refractivity contribution in [3.8, 4) is 17.6 Å².